The monoisotopic (exact) mass is 270 g/mol. The van der Waals surface area contributed by atoms with Gasteiger partial charge in [-0.2, -0.15) is 0 Å². The highest BCUT2D eigenvalue weighted by molar-refractivity contribution is 6.31. The van der Waals surface area contributed by atoms with Crippen molar-refractivity contribution < 1.29 is 14.6 Å². The summed E-state index contributed by atoms with van der Waals surface area (Å²) in [6.07, 6.45) is 0.123. The number of rotatable bonds is 4. The van der Waals surface area contributed by atoms with E-state index in [9.17, 15) is 9.90 Å². The zero-order valence-corrected chi connectivity index (χ0v) is 11.7. The summed E-state index contributed by atoms with van der Waals surface area (Å²) >= 11 is 6.05. The van der Waals surface area contributed by atoms with E-state index in [0.717, 1.165) is 5.56 Å². The number of ether oxygens (including phenoxy) is 1. The lowest BCUT2D eigenvalue weighted by atomic mass is 9.96. The van der Waals surface area contributed by atoms with E-state index in [1.54, 1.807) is 6.07 Å². The van der Waals surface area contributed by atoms with Crippen LogP contribution >= 0.6 is 11.6 Å². The molecule has 0 aliphatic rings. The van der Waals surface area contributed by atoms with Gasteiger partial charge >= 0.3 is 5.97 Å². The molecule has 0 amide bonds. The smallest absolute Gasteiger partial charge is 0.307 e. The SMILES string of the molecule is CC(C)(C)OC(=O)C[C@@H](CO)c1ccccc1Cl. The highest BCUT2D eigenvalue weighted by atomic mass is 35.5. The molecule has 4 heteroatoms. The fourth-order valence-electron chi connectivity index (χ4n) is 1.66. The van der Waals surface area contributed by atoms with Crippen molar-refractivity contribution in [2.45, 2.75) is 38.7 Å². The molecular weight excluding hydrogens is 252 g/mol. The van der Waals surface area contributed by atoms with Crippen LogP contribution in [0.3, 0.4) is 0 Å². The van der Waals surface area contributed by atoms with Crippen LogP contribution in [0, 0.1) is 0 Å². The first kappa shape index (κ1) is 15.0. The van der Waals surface area contributed by atoms with Crippen LogP contribution < -0.4 is 0 Å². The molecule has 0 spiro atoms. The number of hydrogen-bond acceptors (Lipinski definition) is 3. The summed E-state index contributed by atoms with van der Waals surface area (Å²) in [5.41, 5.74) is 0.255. The van der Waals surface area contributed by atoms with Crippen LogP contribution in [0.4, 0.5) is 0 Å². The van der Waals surface area contributed by atoms with Gasteiger partial charge in [0, 0.05) is 10.9 Å². The summed E-state index contributed by atoms with van der Waals surface area (Å²) in [7, 11) is 0. The minimum Gasteiger partial charge on any atom is -0.460 e. The first-order valence-corrected chi connectivity index (χ1v) is 6.28. The average Bonchev–Trinajstić information content (AvgIpc) is 2.24. The van der Waals surface area contributed by atoms with Crippen LogP contribution in [-0.2, 0) is 9.53 Å². The molecule has 1 rings (SSSR count). The Bertz CT molecular complexity index is 410. The van der Waals surface area contributed by atoms with Crippen LogP contribution in [0.15, 0.2) is 24.3 Å². The average molecular weight is 271 g/mol. The molecule has 100 valence electrons. The minimum absolute atomic E-state index is 0.123. The Balaban J connectivity index is 2.74. The van der Waals surface area contributed by atoms with E-state index in [2.05, 4.69) is 0 Å². The molecule has 0 saturated carbocycles. The maximum Gasteiger partial charge on any atom is 0.307 e. The summed E-state index contributed by atoms with van der Waals surface area (Å²) in [6.45, 7) is 5.31. The van der Waals surface area contributed by atoms with E-state index in [1.165, 1.54) is 0 Å². The molecule has 0 unspecified atom stereocenters. The number of carbonyl (C=O) groups is 1. The lowest BCUT2D eigenvalue weighted by Crippen LogP contribution is -2.25. The van der Waals surface area contributed by atoms with Crippen molar-refractivity contribution in [2.24, 2.45) is 0 Å². The maximum absolute atomic E-state index is 11.7. The van der Waals surface area contributed by atoms with E-state index in [0.29, 0.717) is 5.02 Å². The Morgan fingerprint density at radius 3 is 2.50 bits per heavy atom. The third-order valence-electron chi connectivity index (χ3n) is 2.40. The van der Waals surface area contributed by atoms with Crippen molar-refractivity contribution in [3.05, 3.63) is 34.9 Å². The minimum atomic E-state index is -0.516. The van der Waals surface area contributed by atoms with Gasteiger partial charge in [0.15, 0.2) is 0 Å². The van der Waals surface area contributed by atoms with Crippen molar-refractivity contribution in [1.29, 1.82) is 0 Å². The second-order valence-corrected chi connectivity index (χ2v) is 5.60. The second-order valence-electron chi connectivity index (χ2n) is 5.19. The van der Waals surface area contributed by atoms with Crippen LogP contribution in [0.5, 0.6) is 0 Å². The molecule has 1 aromatic rings. The molecule has 0 heterocycles. The van der Waals surface area contributed by atoms with Crippen molar-refractivity contribution >= 4 is 17.6 Å². The van der Waals surface area contributed by atoms with Gasteiger partial charge in [-0.3, -0.25) is 4.79 Å². The Morgan fingerprint density at radius 2 is 2.00 bits per heavy atom. The molecule has 0 aromatic heterocycles. The van der Waals surface area contributed by atoms with Gasteiger partial charge in [-0.05, 0) is 32.4 Å². The summed E-state index contributed by atoms with van der Waals surface area (Å²) in [4.78, 5) is 11.7. The van der Waals surface area contributed by atoms with E-state index in [-0.39, 0.29) is 24.9 Å². The van der Waals surface area contributed by atoms with Crippen LogP contribution in [0.2, 0.25) is 5.02 Å². The molecule has 1 atom stereocenters. The quantitative estimate of drug-likeness (QED) is 0.855. The summed E-state index contributed by atoms with van der Waals surface area (Å²) in [5, 5.41) is 9.94. The van der Waals surface area contributed by atoms with Crippen molar-refractivity contribution in [3.8, 4) is 0 Å². The Hall–Kier alpha value is -1.06. The van der Waals surface area contributed by atoms with E-state index in [4.69, 9.17) is 16.3 Å². The predicted octanol–water partition coefficient (Wildman–Crippen LogP) is 3.15. The van der Waals surface area contributed by atoms with Crippen LogP contribution in [-0.4, -0.2) is 23.3 Å². The maximum atomic E-state index is 11.7. The molecule has 0 bridgehead atoms. The van der Waals surface area contributed by atoms with Gasteiger partial charge in [0.1, 0.15) is 5.60 Å². The lowest BCUT2D eigenvalue weighted by molar-refractivity contribution is -0.155. The Labute approximate surface area is 113 Å². The largest absolute Gasteiger partial charge is 0.460 e. The first-order chi connectivity index (χ1) is 8.33. The van der Waals surface area contributed by atoms with Crippen LogP contribution in [0.25, 0.3) is 0 Å². The zero-order chi connectivity index (χ0) is 13.8. The first-order valence-electron chi connectivity index (χ1n) is 5.90. The number of aliphatic hydroxyl groups excluding tert-OH is 1. The third-order valence-corrected chi connectivity index (χ3v) is 2.74. The van der Waals surface area contributed by atoms with Gasteiger partial charge in [0.25, 0.3) is 0 Å². The van der Waals surface area contributed by atoms with Gasteiger partial charge in [-0.15, -0.1) is 0 Å². The molecule has 3 nitrogen and oxygen atoms in total. The second kappa shape index (κ2) is 6.21. The Kier molecular flexibility index (Phi) is 5.17. The highest BCUT2D eigenvalue weighted by Gasteiger charge is 2.22. The lowest BCUT2D eigenvalue weighted by Gasteiger charge is -2.22. The molecule has 0 aliphatic carbocycles. The third kappa shape index (κ3) is 4.67. The summed E-state index contributed by atoms with van der Waals surface area (Å²) < 4.78 is 5.24. The van der Waals surface area contributed by atoms with Gasteiger partial charge in [0.05, 0.1) is 13.0 Å². The molecule has 18 heavy (non-hydrogen) atoms. The van der Waals surface area contributed by atoms with Crippen molar-refractivity contribution in [2.75, 3.05) is 6.61 Å². The molecule has 1 N–H and O–H groups in total. The number of carbonyl (C=O) groups excluding carboxylic acids is 1. The molecule has 0 fully saturated rings. The standard InChI is InChI=1S/C14H19ClO3/c1-14(2,3)18-13(17)8-10(9-16)11-6-4-5-7-12(11)15/h4-7,10,16H,8-9H2,1-3H3/t10-/m0/s1. The van der Waals surface area contributed by atoms with E-state index in [1.807, 2.05) is 39.0 Å². The fraction of sp³-hybridized carbons (Fsp3) is 0.500. The number of hydrogen-bond donors (Lipinski definition) is 1. The predicted molar refractivity (Wildman–Crippen MR) is 71.7 cm³/mol. The van der Waals surface area contributed by atoms with Gasteiger partial charge in [-0.25, -0.2) is 0 Å². The molecular formula is C14H19ClO3. The molecule has 0 saturated heterocycles. The normalized spacial score (nSPS) is 13.2. The molecule has 1 aromatic carbocycles. The molecule has 0 aliphatic heterocycles. The van der Waals surface area contributed by atoms with Gasteiger partial charge in [0.2, 0.25) is 0 Å². The number of esters is 1. The van der Waals surface area contributed by atoms with Crippen molar-refractivity contribution in [3.63, 3.8) is 0 Å². The van der Waals surface area contributed by atoms with E-state index < -0.39 is 5.60 Å². The zero-order valence-electron chi connectivity index (χ0n) is 10.9. The van der Waals surface area contributed by atoms with Crippen molar-refractivity contribution in [1.82, 2.24) is 0 Å². The number of halogens is 1. The van der Waals surface area contributed by atoms with Gasteiger partial charge < -0.3 is 9.84 Å². The highest BCUT2D eigenvalue weighted by Crippen LogP contribution is 2.27. The summed E-state index contributed by atoms with van der Waals surface area (Å²) in [6, 6.07) is 7.20. The Morgan fingerprint density at radius 1 is 1.39 bits per heavy atom. The van der Waals surface area contributed by atoms with Gasteiger partial charge in [-0.1, -0.05) is 29.8 Å². The fourth-order valence-corrected chi connectivity index (χ4v) is 1.95. The number of aliphatic hydroxyl groups is 1. The number of benzene rings is 1. The van der Waals surface area contributed by atoms with E-state index >= 15 is 0 Å². The van der Waals surface area contributed by atoms with Crippen LogP contribution in [0.1, 0.15) is 38.7 Å². The summed E-state index contributed by atoms with van der Waals surface area (Å²) in [5.74, 6) is -0.657. The topological polar surface area (TPSA) is 46.5 Å². The molecule has 0 radical (unpaired) electrons.